The summed E-state index contributed by atoms with van der Waals surface area (Å²) in [7, 11) is 0. The van der Waals surface area contributed by atoms with Crippen molar-refractivity contribution in [2.24, 2.45) is 17.3 Å². The van der Waals surface area contributed by atoms with Crippen molar-refractivity contribution in [1.29, 1.82) is 5.26 Å². The fourth-order valence-corrected chi connectivity index (χ4v) is 6.73. The lowest BCUT2D eigenvalue weighted by Gasteiger charge is -2.65. The fraction of sp³-hybridized carbons (Fsp3) is 0.571. The van der Waals surface area contributed by atoms with E-state index in [1.165, 1.54) is 11.8 Å². The standard InChI is InChI=1S/C21H25NO3S2/c1-4-24-19(26)27-21(11-10-15-12-16(21)20(15,2)3)17(13-22)25-18(23)14-8-6-5-7-9-14/h5-9,15-17H,4,10-12H2,1-3H3. The first-order valence-electron chi connectivity index (χ1n) is 9.36. The van der Waals surface area contributed by atoms with Gasteiger partial charge in [-0.3, -0.25) is 0 Å². The minimum atomic E-state index is -0.876. The molecule has 0 spiro atoms. The molecule has 4 unspecified atom stereocenters. The first-order chi connectivity index (χ1) is 12.8. The maximum Gasteiger partial charge on any atom is 0.339 e. The van der Waals surface area contributed by atoms with Crippen LogP contribution in [0, 0.1) is 28.6 Å². The third-order valence-electron chi connectivity index (χ3n) is 6.27. The highest BCUT2D eigenvalue weighted by atomic mass is 32.2. The Bertz CT molecular complexity index is 756. The van der Waals surface area contributed by atoms with Crippen LogP contribution >= 0.6 is 24.0 Å². The first kappa shape index (κ1) is 20.2. The van der Waals surface area contributed by atoms with E-state index in [0.29, 0.717) is 22.5 Å². The van der Waals surface area contributed by atoms with Gasteiger partial charge in [0.15, 0.2) is 0 Å². The van der Waals surface area contributed by atoms with E-state index in [-0.39, 0.29) is 11.3 Å². The Balaban J connectivity index is 1.90. The molecule has 3 aliphatic rings. The monoisotopic (exact) mass is 403 g/mol. The lowest BCUT2D eigenvalue weighted by molar-refractivity contribution is -0.112. The molecule has 4 atom stereocenters. The molecule has 0 radical (unpaired) electrons. The van der Waals surface area contributed by atoms with Crippen LogP contribution in [0.1, 0.15) is 50.4 Å². The molecule has 0 amide bonds. The summed E-state index contributed by atoms with van der Waals surface area (Å²) < 4.78 is 11.2. The van der Waals surface area contributed by atoms with E-state index in [1.807, 2.05) is 13.0 Å². The van der Waals surface area contributed by atoms with E-state index in [2.05, 4.69) is 19.9 Å². The van der Waals surface area contributed by atoms with Crippen LogP contribution in [0.15, 0.2) is 30.3 Å². The molecule has 4 rings (SSSR count). The number of thiocarbonyl (C=S) groups is 1. The normalized spacial score (nSPS) is 29.0. The van der Waals surface area contributed by atoms with Gasteiger partial charge in [0, 0.05) is 0 Å². The topological polar surface area (TPSA) is 59.3 Å². The molecule has 27 heavy (non-hydrogen) atoms. The van der Waals surface area contributed by atoms with Crippen LogP contribution in [0.4, 0.5) is 0 Å². The van der Waals surface area contributed by atoms with E-state index in [0.717, 1.165) is 19.3 Å². The molecule has 1 aromatic rings. The number of ether oxygens (including phenoxy) is 2. The van der Waals surface area contributed by atoms with Crippen LogP contribution in [0.3, 0.4) is 0 Å². The SMILES string of the molecule is CCOC(=S)SC1(C(C#N)OC(=O)c2ccccc2)CCC2CC1C2(C)C. The zero-order chi connectivity index (χ0) is 19.7. The van der Waals surface area contributed by atoms with Crippen LogP contribution in [0.25, 0.3) is 0 Å². The van der Waals surface area contributed by atoms with Gasteiger partial charge in [0.05, 0.1) is 16.9 Å². The summed E-state index contributed by atoms with van der Waals surface area (Å²) in [6.45, 7) is 6.87. The first-order valence-corrected chi connectivity index (χ1v) is 10.6. The lowest BCUT2D eigenvalue weighted by atomic mass is 9.44. The molecule has 0 heterocycles. The maximum absolute atomic E-state index is 12.6. The zero-order valence-electron chi connectivity index (χ0n) is 15.9. The minimum Gasteiger partial charge on any atom is -0.479 e. The Morgan fingerprint density at radius 2 is 2.11 bits per heavy atom. The lowest BCUT2D eigenvalue weighted by Crippen LogP contribution is -2.64. The summed E-state index contributed by atoms with van der Waals surface area (Å²) in [6, 6.07) is 11.1. The Kier molecular flexibility index (Phi) is 5.83. The molecule has 1 aromatic carbocycles. The van der Waals surface area contributed by atoms with Crippen molar-refractivity contribution in [3.8, 4) is 6.07 Å². The van der Waals surface area contributed by atoms with Gasteiger partial charge in [0.25, 0.3) is 0 Å². The average molecular weight is 404 g/mol. The van der Waals surface area contributed by atoms with Gasteiger partial charge >= 0.3 is 5.97 Å². The van der Waals surface area contributed by atoms with Gasteiger partial charge in [-0.2, -0.15) is 5.26 Å². The predicted octanol–water partition coefficient (Wildman–Crippen LogP) is 4.99. The van der Waals surface area contributed by atoms with Crippen molar-refractivity contribution in [3.05, 3.63) is 35.9 Å². The van der Waals surface area contributed by atoms with Crippen LogP contribution < -0.4 is 0 Å². The van der Waals surface area contributed by atoms with E-state index in [9.17, 15) is 10.1 Å². The van der Waals surface area contributed by atoms with Gasteiger partial charge in [-0.05, 0) is 67.8 Å². The molecule has 6 heteroatoms. The number of thioether (sulfide) groups is 1. The Labute approximate surface area is 170 Å². The fourth-order valence-electron chi connectivity index (χ4n) is 4.69. The van der Waals surface area contributed by atoms with Gasteiger partial charge in [-0.1, -0.05) is 43.8 Å². The summed E-state index contributed by atoms with van der Waals surface area (Å²) >= 11 is 6.84. The molecule has 0 aliphatic heterocycles. The molecule has 144 valence electrons. The predicted molar refractivity (Wildman–Crippen MR) is 110 cm³/mol. The third-order valence-corrected chi connectivity index (χ3v) is 8.01. The average Bonchev–Trinajstić information content (AvgIpc) is 2.66. The van der Waals surface area contributed by atoms with Gasteiger partial charge in [0.1, 0.15) is 6.07 Å². The summed E-state index contributed by atoms with van der Waals surface area (Å²) in [5.74, 6) is 0.435. The molecule has 3 aliphatic carbocycles. The summed E-state index contributed by atoms with van der Waals surface area (Å²) in [5.41, 5.74) is 0.549. The third kappa shape index (κ3) is 3.60. The second-order valence-corrected chi connectivity index (χ2v) is 9.83. The number of fused-ring (bicyclic) bond motifs is 2. The van der Waals surface area contributed by atoms with Crippen molar-refractivity contribution in [1.82, 2.24) is 0 Å². The van der Waals surface area contributed by atoms with Crippen molar-refractivity contribution < 1.29 is 14.3 Å². The van der Waals surface area contributed by atoms with E-state index in [1.54, 1.807) is 24.3 Å². The quantitative estimate of drug-likeness (QED) is 0.510. The Morgan fingerprint density at radius 3 is 2.67 bits per heavy atom. The maximum atomic E-state index is 12.6. The molecule has 0 saturated heterocycles. The molecule has 3 saturated carbocycles. The van der Waals surface area contributed by atoms with Gasteiger partial charge in [0.2, 0.25) is 10.5 Å². The van der Waals surface area contributed by atoms with Gasteiger partial charge < -0.3 is 9.47 Å². The summed E-state index contributed by atoms with van der Waals surface area (Å²) in [5, 5.41) is 9.96. The van der Waals surface area contributed by atoms with Crippen LogP contribution in [-0.2, 0) is 9.47 Å². The van der Waals surface area contributed by atoms with Gasteiger partial charge in [-0.15, -0.1) is 0 Å². The number of esters is 1. The second-order valence-electron chi connectivity index (χ2n) is 7.87. The van der Waals surface area contributed by atoms with Crippen LogP contribution in [0.5, 0.6) is 0 Å². The molecule has 2 bridgehead atoms. The molecule has 4 nitrogen and oxygen atoms in total. The Hall–Kier alpha value is -1.58. The molecule has 0 aromatic heterocycles. The molecule has 3 fully saturated rings. The molecular formula is C21H25NO3S2. The highest BCUT2D eigenvalue weighted by molar-refractivity contribution is 8.23. The van der Waals surface area contributed by atoms with Crippen molar-refractivity contribution >= 4 is 34.3 Å². The molecular weight excluding hydrogens is 378 g/mol. The van der Waals surface area contributed by atoms with Crippen molar-refractivity contribution in [2.75, 3.05) is 6.61 Å². The van der Waals surface area contributed by atoms with Crippen molar-refractivity contribution in [3.63, 3.8) is 0 Å². The van der Waals surface area contributed by atoms with Crippen LogP contribution in [0.2, 0.25) is 0 Å². The highest BCUT2D eigenvalue weighted by Crippen LogP contribution is 2.67. The number of nitriles is 1. The summed E-state index contributed by atoms with van der Waals surface area (Å²) in [6.07, 6.45) is 1.96. The number of benzene rings is 1. The zero-order valence-corrected chi connectivity index (χ0v) is 17.6. The number of hydrogen-bond acceptors (Lipinski definition) is 6. The second kappa shape index (κ2) is 7.81. The number of rotatable bonds is 5. The summed E-state index contributed by atoms with van der Waals surface area (Å²) in [4.78, 5) is 12.6. The number of carbonyl (C=O) groups excluding carboxylic acids is 1. The number of hydrogen-bond donors (Lipinski definition) is 0. The minimum absolute atomic E-state index is 0.0985. The van der Waals surface area contributed by atoms with Crippen molar-refractivity contribution in [2.45, 2.75) is 50.9 Å². The van der Waals surface area contributed by atoms with Gasteiger partial charge in [-0.25, -0.2) is 4.79 Å². The van der Waals surface area contributed by atoms with Crippen LogP contribution in [-0.4, -0.2) is 27.8 Å². The number of nitrogens with zero attached hydrogens (tertiary/aromatic N) is 1. The van der Waals surface area contributed by atoms with E-state index >= 15 is 0 Å². The highest BCUT2D eigenvalue weighted by Gasteiger charge is 2.65. The number of carbonyl (C=O) groups is 1. The van der Waals surface area contributed by atoms with E-state index < -0.39 is 16.8 Å². The van der Waals surface area contributed by atoms with E-state index in [4.69, 9.17) is 21.7 Å². The smallest absolute Gasteiger partial charge is 0.339 e. The molecule has 0 N–H and O–H groups in total. The Morgan fingerprint density at radius 1 is 1.41 bits per heavy atom. The largest absolute Gasteiger partial charge is 0.479 e.